The first-order valence-corrected chi connectivity index (χ1v) is 7.41. The van der Waals surface area contributed by atoms with Crippen molar-refractivity contribution < 1.29 is 13.2 Å². The average Bonchev–Trinajstić information content (AvgIpc) is 2.59. The van der Waals surface area contributed by atoms with E-state index in [-0.39, 0.29) is 23.5 Å². The minimum Gasteiger partial charge on any atom is -0.339 e. The van der Waals surface area contributed by atoms with Crippen molar-refractivity contribution in [1.82, 2.24) is 4.90 Å². The zero-order chi connectivity index (χ0) is 12.3. The molecule has 0 aromatic heterocycles. The van der Waals surface area contributed by atoms with E-state index in [2.05, 4.69) is 0 Å². The van der Waals surface area contributed by atoms with Crippen molar-refractivity contribution in [2.75, 3.05) is 24.6 Å². The molecule has 0 aromatic carbocycles. The molecule has 1 amide bonds. The van der Waals surface area contributed by atoms with E-state index in [9.17, 15) is 13.2 Å². The van der Waals surface area contributed by atoms with Gasteiger partial charge in [0.2, 0.25) is 5.91 Å². The van der Waals surface area contributed by atoms with Crippen LogP contribution in [0.3, 0.4) is 0 Å². The number of hydrogen-bond donors (Lipinski definition) is 1. The molecule has 2 N–H and O–H groups in total. The fraction of sp³-hybridized carbons (Fsp3) is 0.900. The van der Waals surface area contributed by atoms with Crippen molar-refractivity contribution in [2.45, 2.75) is 26.3 Å². The van der Waals surface area contributed by atoms with Gasteiger partial charge in [0.05, 0.1) is 0 Å². The van der Waals surface area contributed by atoms with E-state index >= 15 is 0 Å². The maximum Gasteiger partial charge on any atom is 0.238 e. The van der Waals surface area contributed by atoms with Crippen LogP contribution in [-0.4, -0.2) is 49.9 Å². The van der Waals surface area contributed by atoms with Crippen LogP contribution in [0.1, 0.15) is 20.3 Å². The summed E-state index contributed by atoms with van der Waals surface area (Å²) in [4.78, 5) is 13.4. The van der Waals surface area contributed by atoms with Crippen LogP contribution in [0, 0.1) is 5.92 Å². The molecular formula is C10H20N2O3S. The lowest BCUT2D eigenvalue weighted by molar-refractivity contribution is -0.129. The predicted octanol–water partition coefficient (Wildman–Crippen LogP) is -0.383. The summed E-state index contributed by atoms with van der Waals surface area (Å²) in [6.07, 6.45) is 0.869. The van der Waals surface area contributed by atoms with Crippen molar-refractivity contribution in [2.24, 2.45) is 11.7 Å². The van der Waals surface area contributed by atoms with E-state index in [1.165, 1.54) is 0 Å². The number of amides is 1. The van der Waals surface area contributed by atoms with E-state index in [0.29, 0.717) is 19.0 Å². The standard InChI is InChI=1S/C10H20N2O3S/c1-3-16(14,15)7-10(13)12-6-9(5-11)4-8(12)2/h8-9H,3-7,11H2,1-2H3. The van der Waals surface area contributed by atoms with Crippen molar-refractivity contribution in [3.63, 3.8) is 0 Å². The van der Waals surface area contributed by atoms with Crippen molar-refractivity contribution >= 4 is 15.7 Å². The van der Waals surface area contributed by atoms with Gasteiger partial charge in [-0.3, -0.25) is 4.79 Å². The summed E-state index contributed by atoms with van der Waals surface area (Å²) in [7, 11) is -3.23. The van der Waals surface area contributed by atoms with Gasteiger partial charge in [0, 0.05) is 18.3 Å². The highest BCUT2D eigenvalue weighted by Gasteiger charge is 2.32. The maximum atomic E-state index is 11.8. The van der Waals surface area contributed by atoms with E-state index in [0.717, 1.165) is 6.42 Å². The van der Waals surface area contributed by atoms with Gasteiger partial charge in [0.25, 0.3) is 0 Å². The Morgan fingerprint density at radius 2 is 2.12 bits per heavy atom. The second-order valence-corrected chi connectivity index (χ2v) is 6.76. The fourth-order valence-electron chi connectivity index (χ4n) is 2.03. The Balaban J connectivity index is 2.62. The van der Waals surface area contributed by atoms with Gasteiger partial charge >= 0.3 is 0 Å². The van der Waals surface area contributed by atoms with Gasteiger partial charge in [0.15, 0.2) is 9.84 Å². The summed E-state index contributed by atoms with van der Waals surface area (Å²) in [5, 5.41) is 0. The summed E-state index contributed by atoms with van der Waals surface area (Å²) < 4.78 is 22.7. The molecule has 2 atom stereocenters. The van der Waals surface area contributed by atoms with Crippen LogP contribution in [0.2, 0.25) is 0 Å². The Morgan fingerprint density at radius 3 is 2.56 bits per heavy atom. The van der Waals surface area contributed by atoms with E-state index < -0.39 is 9.84 Å². The number of nitrogens with two attached hydrogens (primary N) is 1. The zero-order valence-corrected chi connectivity index (χ0v) is 10.7. The highest BCUT2D eigenvalue weighted by molar-refractivity contribution is 7.92. The molecule has 5 nitrogen and oxygen atoms in total. The first-order valence-electron chi connectivity index (χ1n) is 5.59. The lowest BCUT2D eigenvalue weighted by atomic mass is 10.1. The third-order valence-corrected chi connectivity index (χ3v) is 4.66. The number of hydrogen-bond acceptors (Lipinski definition) is 4. The number of carbonyl (C=O) groups is 1. The van der Waals surface area contributed by atoms with Crippen LogP contribution < -0.4 is 5.73 Å². The summed E-state index contributed by atoms with van der Waals surface area (Å²) in [6.45, 7) is 4.63. The average molecular weight is 248 g/mol. The number of rotatable bonds is 4. The normalized spacial score (nSPS) is 26.1. The van der Waals surface area contributed by atoms with Gasteiger partial charge in [-0.2, -0.15) is 0 Å². The van der Waals surface area contributed by atoms with Crippen LogP contribution in [0.4, 0.5) is 0 Å². The third-order valence-electron chi connectivity index (χ3n) is 3.10. The highest BCUT2D eigenvalue weighted by Crippen LogP contribution is 2.22. The van der Waals surface area contributed by atoms with E-state index in [4.69, 9.17) is 5.73 Å². The molecule has 0 aliphatic carbocycles. The van der Waals surface area contributed by atoms with Gasteiger partial charge in [-0.25, -0.2) is 8.42 Å². The largest absolute Gasteiger partial charge is 0.339 e. The van der Waals surface area contributed by atoms with Gasteiger partial charge in [0.1, 0.15) is 5.75 Å². The van der Waals surface area contributed by atoms with Gasteiger partial charge < -0.3 is 10.6 Å². The third kappa shape index (κ3) is 3.18. The molecule has 1 aliphatic rings. The number of likely N-dealkylation sites (tertiary alicyclic amines) is 1. The smallest absolute Gasteiger partial charge is 0.238 e. The second kappa shape index (κ2) is 5.14. The van der Waals surface area contributed by atoms with Gasteiger partial charge in [-0.1, -0.05) is 6.92 Å². The lowest BCUT2D eigenvalue weighted by Gasteiger charge is -2.21. The summed E-state index contributed by atoms with van der Waals surface area (Å²) in [5.74, 6) is -0.333. The molecule has 1 aliphatic heterocycles. The Hall–Kier alpha value is -0.620. The molecule has 0 aromatic rings. The SMILES string of the molecule is CCS(=O)(=O)CC(=O)N1CC(CN)CC1C. The summed E-state index contributed by atoms with van der Waals surface area (Å²) in [5.41, 5.74) is 5.56. The fourth-order valence-corrected chi connectivity index (χ4v) is 2.78. The quantitative estimate of drug-likeness (QED) is 0.735. The van der Waals surface area contributed by atoms with Crippen LogP contribution >= 0.6 is 0 Å². The molecule has 6 heteroatoms. The molecule has 1 heterocycles. The highest BCUT2D eigenvalue weighted by atomic mass is 32.2. The monoisotopic (exact) mass is 248 g/mol. The van der Waals surface area contributed by atoms with Crippen molar-refractivity contribution in [3.8, 4) is 0 Å². The van der Waals surface area contributed by atoms with Crippen LogP contribution in [-0.2, 0) is 14.6 Å². The first-order chi connectivity index (χ1) is 7.39. The van der Waals surface area contributed by atoms with Gasteiger partial charge in [-0.05, 0) is 25.8 Å². The molecule has 0 bridgehead atoms. The molecular weight excluding hydrogens is 228 g/mol. The minimum atomic E-state index is -3.23. The first kappa shape index (κ1) is 13.4. The van der Waals surface area contributed by atoms with Crippen LogP contribution in [0.25, 0.3) is 0 Å². The summed E-state index contributed by atoms with van der Waals surface area (Å²) in [6, 6.07) is 0.105. The van der Waals surface area contributed by atoms with Crippen LogP contribution in [0.15, 0.2) is 0 Å². The minimum absolute atomic E-state index is 0.0152. The predicted molar refractivity (Wildman–Crippen MR) is 62.7 cm³/mol. The molecule has 1 rings (SSSR count). The van der Waals surface area contributed by atoms with Crippen LogP contribution in [0.5, 0.6) is 0 Å². The molecule has 1 saturated heterocycles. The Bertz CT molecular complexity index is 353. The molecule has 2 unspecified atom stereocenters. The Kier molecular flexibility index (Phi) is 4.32. The van der Waals surface area contributed by atoms with Gasteiger partial charge in [-0.15, -0.1) is 0 Å². The van der Waals surface area contributed by atoms with Crippen molar-refractivity contribution in [3.05, 3.63) is 0 Å². The molecule has 0 saturated carbocycles. The zero-order valence-electron chi connectivity index (χ0n) is 9.85. The second-order valence-electron chi connectivity index (χ2n) is 4.41. The van der Waals surface area contributed by atoms with E-state index in [1.807, 2.05) is 6.92 Å². The summed E-state index contributed by atoms with van der Waals surface area (Å²) >= 11 is 0. The molecule has 94 valence electrons. The Morgan fingerprint density at radius 1 is 1.50 bits per heavy atom. The topological polar surface area (TPSA) is 80.5 Å². The maximum absolute atomic E-state index is 11.8. The van der Waals surface area contributed by atoms with Crippen molar-refractivity contribution in [1.29, 1.82) is 0 Å². The molecule has 0 spiro atoms. The molecule has 0 radical (unpaired) electrons. The Labute approximate surface area is 96.9 Å². The molecule has 16 heavy (non-hydrogen) atoms. The molecule has 1 fully saturated rings. The van der Waals surface area contributed by atoms with E-state index in [1.54, 1.807) is 11.8 Å². The number of sulfone groups is 1. The lowest BCUT2D eigenvalue weighted by Crippen LogP contribution is -2.38. The number of carbonyl (C=O) groups excluding carboxylic acids is 1. The number of nitrogens with zero attached hydrogens (tertiary/aromatic N) is 1.